The Bertz CT molecular complexity index is 360. The molecule has 0 spiro atoms. The highest BCUT2D eigenvalue weighted by molar-refractivity contribution is 7.85. The summed E-state index contributed by atoms with van der Waals surface area (Å²) >= 11 is 0. The molecule has 1 N–H and O–H groups in total. The van der Waals surface area contributed by atoms with Crippen molar-refractivity contribution in [3.8, 4) is 11.8 Å². The normalized spacial score (nSPS) is 12.7. The molecule has 0 aromatic carbocycles. The standard InChI is InChI=1S/C9H14O5S/c1-3-4-9(7-15(11,12)13)14-6-5-8(2)10/h9H,5-7H2,1-2H3,(H,11,12,13). The molecule has 0 aliphatic rings. The van der Waals surface area contributed by atoms with E-state index in [0.29, 0.717) is 0 Å². The average molecular weight is 234 g/mol. The first kappa shape index (κ1) is 14.1. The fraction of sp³-hybridized carbons (Fsp3) is 0.667. The summed E-state index contributed by atoms with van der Waals surface area (Å²) < 4.78 is 34.7. The Labute approximate surface area is 89.6 Å². The van der Waals surface area contributed by atoms with Crippen LogP contribution in [-0.4, -0.2) is 37.2 Å². The fourth-order valence-electron chi connectivity index (χ4n) is 0.829. The highest BCUT2D eigenvalue weighted by atomic mass is 32.2. The summed E-state index contributed by atoms with van der Waals surface area (Å²) in [6.07, 6.45) is -0.683. The minimum absolute atomic E-state index is 0.0509. The first-order chi connectivity index (χ1) is 6.85. The van der Waals surface area contributed by atoms with Crippen LogP contribution in [0.1, 0.15) is 20.3 Å². The van der Waals surface area contributed by atoms with Crippen LogP contribution in [0.5, 0.6) is 0 Å². The molecule has 0 fully saturated rings. The zero-order valence-electron chi connectivity index (χ0n) is 8.69. The van der Waals surface area contributed by atoms with Gasteiger partial charge in [-0.3, -0.25) is 9.35 Å². The van der Waals surface area contributed by atoms with Gasteiger partial charge in [-0.05, 0) is 13.8 Å². The second-order valence-electron chi connectivity index (χ2n) is 2.95. The number of Topliss-reactive ketones (excluding diaryl/α,β-unsaturated/α-hetero) is 1. The van der Waals surface area contributed by atoms with E-state index in [1.54, 1.807) is 0 Å². The lowest BCUT2D eigenvalue weighted by Gasteiger charge is -2.09. The van der Waals surface area contributed by atoms with Crippen LogP contribution in [0, 0.1) is 11.8 Å². The second-order valence-corrected chi connectivity index (χ2v) is 4.45. The number of carbonyl (C=O) groups excluding carboxylic acids is 1. The molecule has 1 unspecified atom stereocenters. The van der Waals surface area contributed by atoms with Crippen LogP contribution in [0.3, 0.4) is 0 Å². The minimum Gasteiger partial charge on any atom is -0.364 e. The summed E-state index contributed by atoms with van der Waals surface area (Å²) in [7, 11) is -4.11. The molecule has 86 valence electrons. The lowest BCUT2D eigenvalue weighted by molar-refractivity contribution is -0.118. The Morgan fingerprint density at radius 1 is 1.53 bits per heavy atom. The van der Waals surface area contributed by atoms with E-state index < -0.39 is 22.0 Å². The maximum absolute atomic E-state index is 10.6. The molecule has 0 bridgehead atoms. The Morgan fingerprint density at radius 3 is 2.53 bits per heavy atom. The zero-order chi connectivity index (χ0) is 11.9. The van der Waals surface area contributed by atoms with Crippen LogP contribution in [0.2, 0.25) is 0 Å². The van der Waals surface area contributed by atoms with E-state index in [0.717, 1.165) is 0 Å². The van der Waals surface area contributed by atoms with Crippen LogP contribution in [0.25, 0.3) is 0 Å². The van der Waals surface area contributed by atoms with Crippen LogP contribution >= 0.6 is 0 Å². The molecule has 0 aliphatic heterocycles. The number of ketones is 1. The van der Waals surface area contributed by atoms with Gasteiger partial charge in [0, 0.05) is 6.42 Å². The average Bonchev–Trinajstić information content (AvgIpc) is 2.00. The van der Waals surface area contributed by atoms with Crippen molar-refractivity contribution in [1.82, 2.24) is 0 Å². The lowest BCUT2D eigenvalue weighted by atomic mass is 10.3. The largest absolute Gasteiger partial charge is 0.364 e. The van der Waals surface area contributed by atoms with Gasteiger partial charge >= 0.3 is 0 Å². The van der Waals surface area contributed by atoms with E-state index >= 15 is 0 Å². The molecule has 0 aliphatic carbocycles. The van der Waals surface area contributed by atoms with E-state index in [2.05, 4.69) is 11.8 Å². The summed E-state index contributed by atoms with van der Waals surface area (Å²) in [4.78, 5) is 10.6. The summed E-state index contributed by atoms with van der Waals surface area (Å²) in [6.45, 7) is 3.04. The number of ether oxygens (including phenoxy) is 1. The monoisotopic (exact) mass is 234 g/mol. The molecule has 0 amide bonds. The van der Waals surface area contributed by atoms with Crippen molar-refractivity contribution in [2.24, 2.45) is 0 Å². The van der Waals surface area contributed by atoms with Crippen molar-refractivity contribution in [2.45, 2.75) is 26.4 Å². The van der Waals surface area contributed by atoms with Gasteiger partial charge in [0.05, 0.1) is 6.61 Å². The predicted octanol–water partition coefficient (Wildman–Crippen LogP) is 0.262. The predicted molar refractivity (Wildman–Crippen MR) is 54.9 cm³/mol. The maximum atomic E-state index is 10.6. The van der Waals surface area contributed by atoms with Gasteiger partial charge in [0.15, 0.2) is 0 Å². The summed E-state index contributed by atoms with van der Waals surface area (Å²) in [5.41, 5.74) is 0. The van der Waals surface area contributed by atoms with Gasteiger partial charge in [0.2, 0.25) is 0 Å². The molecule has 0 aromatic rings. The van der Waals surface area contributed by atoms with E-state index in [1.165, 1.54) is 13.8 Å². The Kier molecular flexibility index (Phi) is 6.17. The van der Waals surface area contributed by atoms with E-state index in [-0.39, 0.29) is 18.8 Å². The number of hydrogen-bond acceptors (Lipinski definition) is 4. The molecule has 6 heteroatoms. The molecule has 0 saturated heterocycles. The smallest absolute Gasteiger partial charge is 0.268 e. The van der Waals surface area contributed by atoms with Crippen molar-refractivity contribution >= 4 is 15.9 Å². The molecular weight excluding hydrogens is 220 g/mol. The van der Waals surface area contributed by atoms with Gasteiger partial charge in [-0.2, -0.15) is 8.42 Å². The first-order valence-electron chi connectivity index (χ1n) is 4.33. The third kappa shape index (κ3) is 9.41. The molecule has 15 heavy (non-hydrogen) atoms. The Hall–Kier alpha value is -0.900. The summed E-state index contributed by atoms with van der Waals surface area (Å²) in [6, 6.07) is 0. The van der Waals surface area contributed by atoms with Gasteiger partial charge in [-0.15, -0.1) is 5.92 Å². The van der Waals surface area contributed by atoms with Gasteiger partial charge in [0.25, 0.3) is 10.1 Å². The number of carbonyl (C=O) groups is 1. The number of rotatable bonds is 6. The van der Waals surface area contributed by atoms with Gasteiger partial charge < -0.3 is 4.74 Å². The minimum atomic E-state index is -4.11. The second kappa shape index (κ2) is 6.56. The van der Waals surface area contributed by atoms with Gasteiger partial charge in [0.1, 0.15) is 17.6 Å². The van der Waals surface area contributed by atoms with Crippen LogP contribution in [-0.2, 0) is 19.6 Å². The quantitative estimate of drug-likeness (QED) is 0.526. The molecule has 1 atom stereocenters. The van der Waals surface area contributed by atoms with E-state index in [1.807, 2.05) is 0 Å². The molecule has 0 radical (unpaired) electrons. The lowest BCUT2D eigenvalue weighted by Crippen LogP contribution is -2.23. The molecule has 5 nitrogen and oxygen atoms in total. The molecule has 0 saturated carbocycles. The van der Waals surface area contributed by atoms with Gasteiger partial charge in [-0.1, -0.05) is 5.92 Å². The number of hydrogen-bond donors (Lipinski definition) is 1. The van der Waals surface area contributed by atoms with Crippen molar-refractivity contribution in [1.29, 1.82) is 0 Å². The van der Waals surface area contributed by atoms with Gasteiger partial charge in [-0.25, -0.2) is 0 Å². The fourth-order valence-corrected chi connectivity index (χ4v) is 1.39. The highest BCUT2D eigenvalue weighted by Crippen LogP contribution is 1.97. The maximum Gasteiger partial charge on any atom is 0.268 e. The molecular formula is C9H14O5S. The van der Waals surface area contributed by atoms with Crippen molar-refractivity contribution in [3.63, 3.8) is 0 Å². The summed E-state index contributed by atoms with van der Waals surface area (Å²) in [5.74, 6) is 4.35. The van der Waals surface area contributed by atoms with E-state index in [9.17, 15) is 13.2 Å². The molecule has 0 aromatic heterocycles. The SMILES string of the molecule is CC#CC(CS(=O)(=O)O)OCCC(C)=O. The van der Waals surface area contributed by atoms with Crippen LogP contribution < -0.4 is 0 Å². The van der Waals surface area contributed by atoms with Crippen LogP contribution in [0.4, 0.5) is 0 Å². The van der Waals surface area contributed by atoms with E-state index in [4.69, 9.17) is 9.29 Å². The van der Waals surface area contributed by atoms with Crippen molar-refractivity contribution < 1.29 is 22.5 Å². The topological polar surface area (TPSA) is 80.7 Å². The van der Waals surface area contributed by atoms with Crippen molar-refractivity contribution in [2.75, 3.05) is 12.4 Å². The van der Waals surface area contributed by atoms with Crippen molar-refractivity contribution in [3.05, 3.63) is 0 Å². The molecule has 0 heterocycles. The Morgan fingerprint density at radius 2 is 2.13 bits per heavy atom. The summed E-state index contributed by atoms with van der Waals surface area (Å²) in [5, 5.41) is 0. The highest BCUT2D eigenvalue weighted by Gasteiger charge is 2.15. The van der Waals surface area contributed by atoms with Crippen LogP contribution in [0.15, 0.2) is 0 Å². The Balaban J connectivity index is 4.16. The first-order valence-corrected chi connectivity index (χ1v) is 5.94. The molecule has 0 rings (SSSR count). The third-order valence-electron chi connectivity index (χ3n) is 1.44. The third-order valence-corrected chi connectivity index (χ3v) is 2.16. The zero-order valence-corrected chi connectivity index (χ0v) is 9.50.